The number of hydrogen-bond acceptors (Lipinski definition) is 8. The molecule has 0 radical (unpaired) electrons. The summed E-state index contributed by atoms with van der Waals surface area (Å²) in [6.07, 6.45) is 3.37. The highest BCUT2D eigenvalue weighted by Gasteiger charge is 2.38. The van der Waals surface area contributed by atoms with Gasteiger partial charge in [-0.2, -0.15) is 0 Å². The third kappa shape index (κ3) is 4.17. The number of para-hydroxylation sites is 1. The maximum absolute atomic E-state index is 12.8. The monoisotopic (exact) mass is 437 g/mol. The lowest BCUT2D eigenvalue weighted by Crippen LogP contribution is -2.11. The summed E-state index contributed by atoms with van der Waals surface area (Å²) >= 11 is 2.51. The lowest BCUT2D eigenvalue weighted by molar-refractivity contribution is -0.384. The Morgan fingerprint density at radius 1 is 1.20 bits per heavy atom. The van der Waals surface area contributed by atoms with Crippen LogP contribution in [0.4, 0.5) is 5.69 Å². The number of nitro groups is 1. The first-order chi connectivity index (χ1) is 14.5. The molecule has 1 saturated heterocycles. The SMILES string of the molecule is N=C1S/C(=C\c2ccccc2OCc2ccc([N+](=O)[O-])cc2)C(=O)[C@H]1c1nccs1. The maximum Gasteiger partial charge on any atom is 0.269 e. The first-order valence-corrected chi connectivity index (χ1v) is 10.6. The standard InChI is InChI=1S/C21H15N3O4S2/c22-20-18(21-23-9-10-29-21)19(25)17(30-20)11-14-3-1-2-4-16(14)28-12-13-5-7-15(8-6-13)24(26)27/h1-11,18,22H,12H2/b17-11-,22-20?/t18-/m1/s1. The summed E-state index contributed by atoms with van der Waals surface area (Å²) < 4.78 is 5.90. The number of nitro benzene ring substituents is 1. The quantitative estimate of drug-likeness (QED) is 0.329. The Hall–Kier alpha value is -3.30. The van der Waals surface area contributed by atoms with Crippen molar-refractivity contribution in [3.63, 3.8) is 0 Å². The Labute approximate surface area is 180 Å². The highest BCUT2D eigenvalue weighted by molar-refractivity contribution is 8.19. The van der Waals surface area contributed by atoms with E-state index in [0.717, 1.165) is 22.9 Å². The number of thioether (sulfide) groups is 1. The van der Waals surface area contributed by atoms with Crippen molar-refractivity contribution in [2.24, 2.45) is 0 Å². The van der Waals surface area contributed by atoms with E-state index < -0.39 is 10.8 Å². The Kier molecular flexibility index (Phi) is 5.73. The molecule has 7 nitrogen and oxygen atoms in total. The number of ketones is 1. The number of allylic oxidation sites excluding steroid dienone is 1. The van der Waals surface area contributed by atoms with Gasteiger partial charge in [-0.1, -0.05) is 30.0 Å². The van der Waals surface area contributed by atoms with Gasteiger partial charge >= 0.3 is 0 Å². The zero-order chi connectivity index (χ0) is 21.1. The van der Waals surface area contributed by atoms with Crippen LogP contribution in [0, 0.1) is 15.5 Å². The average molecular weight is 438 g/mol. The van der Waals surface area contributed by atoms with E-state index in [-0.39, 0.29) is 23.1 Å². The summed E-state index contributed by atoms with van der Waals surface area (Å²) in [5.74, 6) is -0.180. The van der Waals surface area contributed by atoms with Crippen molar-refractivity contribution in [1.29, 1.82) is 5.41 Å². The summed E-state index contributed by atoms with van der Waals surface area (Å²) in [5, 5.41) is 21.7. The molecule has 0 saturated carbocycles. The molecule has 1 aliphatic heterocycles. The number of ether oxygens (including phenoxy) is 1. The first kappa shape index (κ1) is 20.0. The van der Waals surface area contributed by atoms with Crippen LogP contribution in [0.15, 0.2) is 65.0 Å². The van der Waals surface area contributed by atoms with Crippen molar-refractivity contribution < 1.29 is 14.5 Å². The van der Waals surface area contributed by atoms with Gasteiger partial charge < -0.3 is 4.74 Å². The van der Waals surface area contributed by atoms with E-state index in [2.05, 4.69) is 4.98 Å². The molecule has 0 spiro atoms. The summed E-state index contributed by atoms with van der Waals surface area (Å²) in [6, 6.07) is 13.5. The van der Waals surface area contributed by atoms with E-state index in [9.17, 15) is 14.9 Å². The summed E-state index contributed by atoms with van der Waals surface area (Å²) in [6.45, 7) is 0.233. The lowest BCUT2D eigenvalue weighted by atomic mass is 10.0. The molecule has 1 N–H and O–H groups in total. The number of hydrogen-bond donors (Lipinski definition) is 1. The van der Waals surface area contributed by atoms with Crippen molar-refractivity contribution in [3.05, 3.63) is 91.3 Å². The fourth-order valence-electron chi connectivity index (χ4n) is 2.94. The number of aromatic nitrogens is 1. The van der Waals surface area contributed by atoms with Gasteiger partial charge in [-0.05, 0) is 29.8 Å². The molecule has 30 heavy (non-hydrogen) atoms. The largest absolute Gasteiger partial charge is 0.488 e. The average Bonchev–Trinajstić information content (AvgIpc) is 3.35. The molecule has 1 aromatic heterocycles. The molecular formula is C21H15N3O4S2. The van der Waals surface area contributed by atoms with Crippen LogP contribution >= 0.6 is 23.1 Å². The molecule has 150 valence electrons. The molecule has 3 aromatic rings. The Morgan fingerprint density at radius 2 is 1.97 bits per heavy atom. The number of Topliss-reactive ketones (excluding diaryl/α,β-unsaturated/α-hetero) is 1. The van der Waals surface area contributed by atoms with Gasteiger partial charge in [0.1, 0.15) is 23.3 Å². The number of rotatable bonds is 6. The fraction of sp³-hybridized carbons (Fsp3) is 0.0952. The number of carbonyl (C=O) groups excluding carboxylic acids is 1. The topological polar surface area (TPSA) is 106 Å². The van der Waals surface area contributed by atoms with Gasteiger partial charge in [-0.3, -0.25) is 20.3 Å². The van der Waals surface area contributed by atoms with Crippen LogP contribution < -0.4 is 4.74 Å². The molecule has 9 heteroatoms. The second-order valence-corrected chi connectivity index (χ2v) is 8.40. The predicted octanol–water partition coefficient (Wildman–Crippen LogP) is 5.05. The van der Waals surface area contributed by atoms with Gasteiger partial charge in [0.05, 0.1) is 14.9 Å². The van der Waals surface area contributed by atoms with E-state index >= 15 is 0 Å². The van der Waals surface area contributed by atoms with E-state index in [1.807, 2.05) is 18.2 Å². The van der Waals surface area contributed by atoms with Crippen molar-refractivity contribution in [2.45, 2.75) is 12.5 Å². The summed E-state index contributed by atoms with van der Waals surface area (Å²) in [5.41, 5.74) is 1.54. The summed E-state index contributed by atoms with van der Waals surface area (Å²) in [7, 11) is 0. The van der Waals surface area contributed by atoms with E-state index in [1.54, 1.807) is 35.9 Å². The van der Waals surface area contributed by atoms with Crippen LogP contribution in [0.25, 0.3) is 6.08 Å². The molecule has 0 unspecified atom stereocenters. The second-order valence-electron chi connectivity index (χ2n) is 6.39. The molecule has 0 amide bonds. The van der Waals surface area contributed by atoms with Crippen LogP contribution in [0.1, 0.15) is 22.1 Å². The third-order valence-electron chi connectivity index (χ3n) is 4.43. The van der Waals surface area contributed by atoms with E-state index in [0.29, 0.717) is 15.7 Å². The van der Waals surface area contributed by atoms with E-state index in [1.165, 1.54) is 23.5 Å². The van der Waals surface area contributed by atoms with Gasteiger partial charge in [0.15, 0.2) is 5.78 Å². The molecule has 1 fully saturated rings. The van der Waals surface area contributed by atoms with Crippen LogP contribution in [-0.2, 0) is 11.4 Å². The molecule has 0 bridgehead atoms. The molecule has 4 rings (SSSR count). The maximum atomic E-state index is 12.8. The highest BCUT2D eigenvalue weighted by Crippen LogP contribution is 2.41. The number of carbonyl (C=O) groups is 1. The van der Waals surface area contributed by atoms with Crippen LogP contribution in [-0.4, -0.2) is 20.7 Å². The molecule has 1 aliphatic rings. The normalized spacial score (nSPS) is 17.5. The number of nitrogens with zero attached hydrogens (tertiary/aromatic N) is 2. The number of benzene rings is 2. The van der Waals surface area contributed by atoms with Crippen LogP contribution in [0.5, 0.6) is 5.75 Å². The van der Waals surface area contributed by atoms with Crippen molar-refractivity contribution in [3.8, 4) is 5.75 Å². The minimum atomic E-state index is -0.630. The molecule has 1 atom stereocenters. The van der Waals surface area contributed by atoms with Gasteiger partial charge in [0.25, 0.3) is 5.69 Å². The molecule has 2 aromatic carbocycles. The van der Waals surface area contributed by atoms with Crippen molar-refractivity contribution in [2.75, 3.05) is 0 Å². The lowest BCUT2D eigenvalue weighted by Gasteiger charge is -2.09. The molecule has 2 heterocycles. The Morgan fingerprint density at radius 3 is 2.67 bits per heavy atom. The van der Waals surface area contributed by atoms with Gasteiger partial charge in [0.2, 0.25) is 0 Å². The zero-order valence-corrected chi connectivity index (χ0v) is 17.1. The summed E-state index contributed by atoms with van der Waals surface area (Å²) in [4.78, 5) is 27.8. The number of thiazole rings is 1. The Balaban J connectivity index is 1.53. The predicted molar refractivity (Wildman–Crippen MR) is 117 cm³/mol. The van der Waals surface area contributed by atoms with Crippen molar-refractivity contribution >= 4 is 45.7 Å². The van der Waals surface area contributed by atoms with Gasteiger partial charge in [-0.15, -0.1) is 11.3 Å². The second kappa shape index (κ2) is 8.60. The highest BCUT2D eigenvalue weighted by atomic mass is 32.2. The third-order valence-corrected chi connectivity index (χ3v) is 6.27. The Bertz CT molecular complexity index is 1140. The molecular weight excluding hydrogens is 422 g/mol. The first-order valence-electron chi connectivity index (χ1n) is 8.89. The van der Waals surface area contributed by atoms with E-state index in [4.69, 9.17) is 10.1 Å². The fourth-order valence-corrected chi connectivity index (χ4v) is 4.73. The minimum absolute atomic E-state index is 0.0258. The van der Waals surface area contributed by atoms with Gasteiger partial charge in [-0.25, -0.2) is 4.98 Å². The minimum Gasteiger partial charge on any atom is -0.488 e. The van der Waals surface area contributed by atoms with Crippen LogP contribution in [0.2, 0.25) is 0 Å². The van der Waals surface area contributed by atoms with Crippen LogP contribution in [0.3, 0.4) is 0 Å². The number of non-ortho nitro benzene ring substituents is 1. The number of nitrogens with one attached hydrogen (secondary N) is 1. The van der Waals surface area contributed by atoms with Gasteiger partial charge in [0, 0.05) is 29.3 Å². The molecule has 0 aliphatic carbocycles. The van der Waals surface area contributed by atoms with Crippen molar-refractivity contribution in [1.82, 2.24) is 4.98 Å². The zero-order valence-electron chi connectivity index (χ0n) is 15.5. The smallest absolute Gasteiger partial charge is 0.269 e.